The molecule has 7 heteroatoms. The van der Waals surface area contributed by atoms with E-state index in [1.807, 2.05) is 10.9 Å². The van der Waals surface area contributed by atoms with E-state index in [0.717, 1.165) is 34.6 Å². The van der Waals surface area contributed by atoms with Crippen LogP contribution in [0.4, 0.5) is 0 Å². The molecule has 1 N–H and O–H groups in total. The molecule has 2 aromatic heterocycles. The number of rotatable bonds is 5. The molecule has 0 saturated carbocycles. The lowest BCUT2D eigenvalue weighted by Gasteiger charge is -2.13. The van der Waals surface area contributed by atoms with Crippen LogP contribution in [0.5, 0.6) is 0 Å². The van der Waals surface area contributed by atoms with E-state index >= 15 is 0 Å². The SMILES string of the molecule is CCC1OC(n2nc(CCO)c3c(SC)ncnc32)CC1C. The topological polar surface area (TPSA) is 73.1 Å². The Morgan fingerprint density at radius 1 is 1.45 bits per heavy atom. The summed E-state index contributed by atoms with van der Waals surface area (Å²) in [4.78, 5) is 8.76. The van der Waals surface area contributed by atoms with E-state index < -0.39 is 0 Å². The van der Waals surface area contributed by atoms with Crippen molar-refractivity contribution in [3.63, 3.8) is 0 Å². The Labute approximate surface area is 134 Å². The normalized spacial score (nSPS) is 25.2. The lowest BCUT2D eigenvalue weighted by atomic mass is 10.0. The average molecular weight is 322 g/mol. The van der Waals surface area contributed by atoms with Gasteiger partial charge in [-0.05, 0) is 25.0 Å². The molecule has 3 unspecified atom stereocenters. The van der Waals surface area contributed by atoms with Crippen molar-refractivity contribution in [2.24, 2.45) is 5.92 Å². The summed E-state index contributed by atoms with van der Waals surface area (Å²) >= 11 is 1.57. The van der Waals surface area contributed by atoms with Crippen LogP contribution < -0.4 is 0 Å². The molecule has 1 fully saturated rings. The van der Waals surface area contributed by atoms with Gasteiger partial charge in [0.05, 0.1) is 17.2 Å². The Balaban J connectivity index is 2.07. The van der Waals surface area contributed by atoms with Gasteiger partial charge in [-0.1, -0.05) is 13.8 Å². The van der Waals surface area contributed by atoms with Gasteiger partial charge in [0, 0.05) is 13.0 Å². The van der Waals surface area contributed by atoms with Crippen LogP contribution >= 0.6 is 11.8 Å². The maximum atomic E-state index is 9.31. The summed E-state index contributed by atoms with van der Waals surface area (Å²) in [6.07, 6.45) is 6.20. The second kappa shape index (κ2) is 6.52. The van der Waals surface area contributed by atoms with Crippen molar-refractivity contribution in [3.8, 4) is 0 Å². The molecule has 2 aromatic rings. The van der Waals surface area contributed by atoms with E-state index in [1.54, 1.807) is 18.1 Å². The van der Waals surface area contributed by atoms with E-state index in [2.05, 4.69) is 28.9 Å². The largest absolute Gasteiger partial charge is 0.396 e. The van der Waals surface area contributed by atoms with E-state index in [1.165, 1.54) is 0 Å². The third-order valence-electron chi connectivity index (χ3n) is 4.28. The zero-order valence-electron chi connectivity index (χ0n) is 13.2. The van der Waals surface area contributed by atoms with Crippen LogP contribution in [-0.2, 0) is 11.2 Å². The molecular weight excluding hydrogens is 300 g/mol. The average Bonchev–Trinajstić information content (AvgIpc) is 3.08. The molecule has 0 aliphatic carbocycles. The highest BCUT2D eigenvalue weighted by atomic mass is 32.2. The van der Waals surface area contributed by atoms with Crippen molar-refractivity contribution in [2.45, 2.75) is 50.5 Å². The van der Waals surface area contributed by atoms with Gasteiger partial charge in [-0.15, -0.1) is 11.8 Å². The summed E-state index contributed by atoms with van der Waals surface area (Å²) < 4.78 is 8.04. The first kappa shape index (κ1) is 15.7. The van der Waals surface area contributed by atoms with Crippen molar-refractivity contribution < 1.29 is 9.84 Å². The highest BCUT2D eigenvalue weighted by molar-refractivity contribution is 7.98. The van der Waals surface area contributed by atoms with Crippen LogP contribution in [0.3, 0.4) is 0 Å². The first-order valence-electron chi connectivity index (χ1n) is 7.72. The van der Waals surface area contributed by atoms with E-state index in [0.29, 0.717) is 12.3 Å². The molecule has 3 atom stereocenters. The minimum atomic E-state index is -0.0838. The lowest BCUT2D eigenvalue weighted by Crippen LogP contribution is -2.14. The Kier molecular flexibility index (Phi) is 4.65. The molecule has 22 heavy (non-hydrogen) atoms. The number of thioether (sulfide) groups is 1. The molecule has 120 valence electrons. The smallest absolute Gasteiger partial charge is 0.165 e. The first-order valence-corrected chi connectivity index (χ1v) is 8.94. The highest BCUT2D eigenvalue weighted by Gasteiger charge is 2.34. The molecule has 0 aromatic carbocycles. The van der Waals surface area contributed by atoms with Crippen LogP contribution in [0.2, 0.25) is 0 Å². The van der Waals surface area contributed by atoms with E-state index in [-0.39, 0.29) is 18.9 Å². The van der Waals surface area contributed by atoms with Crippen molar-refractivity contribution >= 4 is 22.8 Å². The lowest BCUT2D eigenvalue weighted by molar-refractivity contribution is -0.00970. The molecule has 1 aliphatic heterocycles. The summed E-state index contributed by atoms with van der Waals surface area (Å²) in [5.74, 6) is 0.511. The second-order valence-corrected chi connectivity index (χ2v) is 6.49. The maximum Gasteiger partial charge on any atom is 0.165 e. The number of aliphatic hydroxyl groups is 1. The fourth-order valence-corrected chi connectivity index (χ4v) is 3.73. The van der Waals surface area contributed by atoms with Gasteiger partial charge < -0.3 is 9.84 Å². The van der Waals surface area contributed by atoms with E-state index in [4.69, 9.17) is 4.74 Å². The quantitative estimate of drug-likeness (QED) is 0.673. The third-order valence-corrected chi connectivity index (χ3v) is 4.98. The zero-order chi connectivity index (χ0) is 15.7. The van der Waals surface area contributed by atoms with Gasteiger partial charge >= 0.3 is 0 Å². The second-order valence-electron chi connectivity index (χ2n) is 5.70. The molecule has 3 rings (SSSR count). The number of hydrogen-bond donors (Lipinski definition) is 1. The minimum Gasteiger partial charge on any atom is -0.396 e. The Morgan fingerprint density at radius 3 is 2.91 bits per heavy atom. The van der Waals surface area contributed by atoms with Gasteiger partial charge in [0.1, 0.15) is 11.4 Å². The van der Waals surface area contributed by atoms with Crippen molar-refractivity contribution in [1.82, 2.24) is 19.7 Å². The monoisotopic (exact) mass is 322 g/mol. The Hall–Kier alpha value is -1.18. The number of nitrogens with zero attached hydrogens (tertiary/aromatic N) is 4. The van der Waals surface area contributed by atoms with Gasteiger partial charge in [0.2, 0.25) is 0 Å². The Bertz CT molecular complexity index is 660. The number of fused-ring (bicyclic) bond motifs is 1. The maximum absolute atomic E-state index is 9.31. The van der Waals surface area contributed by atoms with Crippen LogP contribution in [0, 0.1) is 5.92 Å². The van der Waals surface area contributed by atoms with Crippen LogP contribution in [0.1, 0.15) is 38.6 Å². The number of hydrogen-bond acceptors (Lipinski definition) is 6. The zero-order valence-corrected chi connectivity index (χ0v) is 14.0. The van der Waals surface area contributed by atoms with Gasteiger partial charge in [0.15, 0.2) is 11.9 Å². The van der Waals surface area contributed by atoms with Crippen molar-refractivity contribution in [3.05, 3.63) is 12.0 Å². The molecule has 1 aliphatic rings. The third kappa shape index (κ3) is 2.61. The predicted molar refractivity (Wildman–Crippen MR) is 85.9 cm³/mol. The van der Waals surface area contributed by atoms with E-state index in [9.17, 15) is 5.11 Å². The van der Waals surface area contributed by atoms with Gasteiger partial charge in [-0.2, -0.15) is 5.10 Å². The van der Waals surface area contributed by atoms with Crippen LogP contribution in [0.25, 0.3) is 11.0 Å². The fraction of sp³-hybridized carbons (Fsp3) is 0.667. The van der Waals surface area contributed by atoms with Gasteiger partial charge in [0.25, 0.3) is 0 Å². The number of aromatic nitrogens is 4. The summed E-state index contributed by atoms with van der Waals surface area (Å²) in [6, 6.07) is 0. The number of ether oxygens (including phenoxy) is 1. The summed E-state index contributed by atoms with van der Waals surface area (Å²) in [6.45, 7) is 4.43. The van der Waals surface area contributed by atoms with Crippen molar-refractivity contribution in [1.29, 1.82) is 0 Å². The molecular formula is C15H22N4O2S. The van der Waals surface area contributed by atoms with Gasteiger partial charge in [-0.3, -0.25) is 0 Å². The number of aliphatic hydroxyl groups excluding tert-OH is 1. The first-order chi connectivity index (χ1) is 10.7. The standard InChI is InChI=1S/C15H22N4O2S/c1-4-11-9(2)7-12(21-11)19-14-13(10(18-19)5-6-20)15(22-3)17-8-16-14/h8-9,11-12,20H,4-7H2,1-3H3. The van der Waals surface area contributed by atoms with Crippen LogP contribution in [0.15, 0.2) is 11.4 Å². The molecule has 0 bridgehead atoms. The Morgan fingerprint density at radius 2 is 2.27 bits per heavy atom. The predicted octanol–water partition coefficient (Wildman–Crippen LogP) is 2.42. The van der Waals surface area contributed by atoms with Gasteiger partial charge in [-0.25, -0.2) is 14.6 Å². The van der Waals surface area contributed by atoms with Crippen LogP contribution in [-0.4, -0.2) is 43.8 Å². The summed E-state index contributed by atoms with van der Waals surface area (Å²) in [7, 11) is 0. The van der Waals surface area contributed by atoms with Crippen molar-refractivity contribution in [2.75, 3.05) is 12.9 Å². The molecule has 0 radical (unpaired) electrons. The molecule has 6 nitrogen and oxygen atoms in total. The molecule has 0 amide bonds. The summed E-state index contributed by atoms with van der Waals surface area (Å²) in [5, 5.41) is 15.8. The summed E-state index contributed by atoms with van der Waals surface area (Å²) in [5.41, 5.74) is 1.65. The molecule has 0 spiro atoms. The minimum absolute atomic E-state index is 0.0638. The molecule has 1 saturated heterocycles. The molecule has 3 heterocycles. The highest BCUT2D eigenvalue weighted by Crippen LogP contribution is 2.37. The fourth-order valence-electron chi connectivity index (χ4n) is 3.17.